The zero-order chi connectivity index (χ0) is 23.9. The van der Waals surface area contributed by atoms with Gasteiger partial charge in [0.05, 0.1) is 17.7 Å². The maximum Gasteiger partial charge on any atom is 0.408 e. The number of alkyl carbamates (subject to hydrolysis) is 1. The first kappa shape index (κ1) is 24.7. The van der Waals surface area contributed by atoms with E-state index in [0.29, 0.717) is 29.4 Å². The highest BCUT2D eigenvalue weighted by atomic mass is 16.6. The molecule has 7 nitrogen and oxygen atoms in total. The van der Waals surface area contributed by atoms with Gasteiger partial charge < -0.3 is 19.5 Å². The lowest BCUT2D eigenvalue weighted by atomic mass is 9.94. The van der Waals surface area contributed by atoms with E-state index in [1.807, 2.05) is 6.92 Å². The highest BCUT2D eigenvalue weighted by Gasteiger charge is 2.31. The first-order chi connectivity index (χ1) is 14.9. The molecule has 170 valence electrons. The molecule has 0 saturated heterocycles. The Labute approximate surface area is 189 Å². The average Bonchev–Trinajstić information content (AvgIpc) is 2.68. The van der Waals surface area contributed by atoms with Crippen LogP contribution in [-0.4, -0.2) is 29.6 Å². The Bertz CT molecular complexity index is 998. The Morgan fingerprint density at radius 2 is 1.62 bits per heavy atom. The van der Waals surface area contributed by atoms with Crippen LogP contribution in [0.15, 0.2) is 42.5 Å². The van der Waals surface area contributed by atoms with Crippen LogP contribution >= 0.6 is 0 Å². The molecule has 7 heteroatoms. The van der Waals surface area contributed by atoms with E-state index in [-0.39, 0.29) is 12.2 Å². The summed E-state index contributed by atoms with van der Waals surface area (Å²) in [5.41, 5.74) is -0.487. The minimum Gasteiger partial charge on any atom is -0.492 e. The lowest BCUT2D eigenvalue weighted by molar-refractivity contribution is -0.123. The summed E-state index contributed by atoms with van der Waals surface area (Å²) in [6.45, 7) is 10.9. The Kier molecular flexibility index (Phi) is 7.87. The Morgan fingerprint density at radius 3 is 2.19 bits per heavy atom. The maximum absolute atomic E-state index is 12.7. The quantitative estimate of drug-likeness (QED) is 0.611. The van der Waals surface area contributed by atoms with Gasteiger partial charge in [-0.1, -0.05) is 12.1 Å². The van der Waals surface area contributed by atoms with Gasteiger partial charge in [-0.15, -0.1) is 0 Å². The summed E-state index contributed by atoms with van der Waals surface area (Å²) in [6.07, 6.45) is -0.484. The summed E-state index contributed by atoms with van der Waals surface area (Å²) in [6, 6.07) is 14.2. The molecule has 0 radical (unpaired) electrons. The number of carbonyl (C=O) groups excluding carboxylic acids is 2. The topological polar surface area (TPSA) is 97.7 Å². The van der Waals surface area contributed by atoms with Gasteiger partial charge in [0.2, 0.25) is 0 Å². The molecule has 0 atom stereocenters. The minimum atomic E-state index is -1.07. The molecule has 0 unspecified atom stereocenters. The van der Waals surface area contributed by atoms with Crippen molar-refractivity contribution in [2.75, 3.05) is 6.61 Å². The number of nitriles is 1. The Hall–Kier alpha value is -3.53. The van der Waals surface area contributed by atoms with Crippen molar-refractivity contribution in [1.29, 1.82) is 5.26 Å². The van der Waals surface area contributed by atoms with Crippen LogP contribution < -0.4 is 14.8 Å². The molecule has 2 aromatic carbocycles. The molecular weight excluding hydrogens is 408 g/mol. The van der Waals surface area contributed by atoms with Crippen LogP contribution in [0.3, 0.4) is 0 Å². The normalized spacial score (nSPS) is 11.3. The van der Waals surface area contributed by atoms with Crippen LogP contribution in [0.1, 0.15) is 52.7 Å². The zero-order valence-electron chi connectivity index (χ0n) is 19.4. The van der Waals surface area contributed by atoms with E-state index in [9.17, 15) is 9.59 Å². The van der Waals surface area contributed by atoms with Crippen LogP contribution in [0.25, 0.3) is 0 Å². The third-order valence-corrected chi connectivity index (χ3v) is 4.41. The van der Waals surface area contributed by atoms with E-state index in [0.717, 1.165) is 5.56 Å². The molecule has 1 N–H and O–H groups in total. The van der Waals surface area contributed by atoms with Gasteiger partial charge in [0.1, 0.15) is 28.9 Å². The molecule has 0 aliphatic heterocycles. The van der Waals surface area contributed by atoms with Gasteiger partial charge in [0.15, 0.2) is 5.78 Å². The van der Waals surface area contributed by atoms with Gasteiger partial charge in [0, 0.05) is 12.5 Å². The van der Waals surface area contributed by atoms with E-state index < -0.39 is 17.2 Å². The first-order valence-electron chi connectivity index (χ1n) is 10.4. The molecule has 32 heavy (non-hydrogen) atoms. The molecule has 0 aliphatic rings. The second-order valence-corrected chi connectivity index (χ2v) is 8.80. The standard InChI is InChI=1S/C25H30N2O5/c1-7-30-21-15-20(13-10-18(21)16-26)31-19-11-8-17(9-12-19)14-22(28)25(5,6)27-23(29)32-24(2,3)4/h8-13,15H,7,14H2,1-6H3,(H,27,29). The van der Waals surface area contributed by atoms with Crippen LogP contribution in [0.4, 0.5) is 4.79 Å². The van der Waals surface area contributed by atoms with Crippen LogP contribution in [0.2, 0.25) is 0 Å². The number of hydrogen-bond acceptors (Lipinski definition) is 6. The van der Waals surface area contributed by atoms with Gasteiger partial charge in [-0.2, -0.15) is 5.26 Å². The molecule has 0 aromatic heterocycles. The van der Waals surface area contributed by atoms with E-state index in [2.05, 4.69) is 11.4 Å². The molecule has 0 fully saturated rings. The number of hydrogen-bond donors (Lipinski definition) is 1. The summed E-state index contributed by atoms with van der Waals surface area (Å²) >= 11 is 0. The average molecular weight is 439 g/mol. The fourth-order valence-electron chi connectivity index (χ4n) is 2.78. The maximum atomic E-state index is 12.7. The van der Waals surface area contributed by atoms with Crippen LogP contribution in [0, 0.1) is 11.3 Å². The molecule has 2 aromatic rings. The van der Waals surface area contributed by atoms with Gasteiger partial charge in [0.25, 0.3) is 0 Å². The van der Waals surface area contributed by atoms with Crippen molar-refractivity contribution in [3.8, 4) is 23.3 Å². The second-order valence-electron chi connectivity index (χ2n) is 8.80. The van der Waals surface area contributed by atoms with E-state index in [1.165, 1.54) is 0 Å². The Morgan fingerprint density at radius 1 is 1.00 bits per heavy atom. The monoisotopic (exact) mass is 438 g/mol. The SMILES string of the molecule is CCOc1cc(Oc2ccc(CC(=O)C(C)(C)NC(=O)OC(C)(C)C)cc2)ccc1C#N. The third-order valence-electron chi connectivity index (χ3n) is 4.41. The summed E-state index contributed by atoms with van der Waals surface area (Å²) in [5.74, 6) is 1.44. The van der Waals surface area contributed by atoms with Gasteiger partial charge in [-0.25, -0.2) is 4.79 Å². The molecule has 0 heterocycles. The van der Waals surface area contributed by atoms with Crippen molar-refractivity contribution in [1.82, 2.24) is 5.32 Å². The van der Waals surface area contributed by atoms with E-state index >= 15 is 0 Å². The molecule has 0 spiro atoms. The molecule has 1 amide bonds. The van der Waals surface area contributed by atoms with Gasteiger partial charge in [-0.3, -0.25) is 4.79 Å². The number of nitrogens with one attached hydrogen (secondary N) is 1. The number of rotatable bonds is 8. The summed E-state index contributed by atoms with van der Waals surface area (Å²) in [7, 11) is 0. The molecule has 0 bridgehead atoms. The fourth-order valence-corrected chi connectivity index (χ4v) is 2.78. The number of nitrogens with zero attached hydrogens (tertiary/aromatic N) is 1. The summed E-state index contributed by atoms with van der Waals surface area (Å²) in [4.78, 5) is 24.8. The fraction of sp³-hybridized carbons (Fsp3) is 0.400. The number of amides is 1. The third kappa shape index (κ3) is 7.31. The van der Waals surface area contributed by atoms with Gasteiger partial charge in [-0.05, 0) is 71.4 Å². The Balaban J connectivity index is 2.02. The highest BCUT2D eigenvalue weighted by molar-refractivity contribution is 5.92. The second kappa shape index (κ2) is 10.2. The van der Waals surface area contributed by atoms with Crippen molar-refractivity contribution < 1.29 is 23.8 Å². The number of benzene rings is 2. The highest BCUT2D eigenvalue weighted by Crippen LogP contribution is 2.28. The lowest BCUT2D eigenvalue weighted by Crippen LogP contribution is -2.51. The number of Topliss-reactive ketones (excluding diaryl/α,β-unsaturated/α-hetero) is 1. The number of ketones is 1. The summed E-state index contributed by atoms with van der Waals surface area (Å²) < 4.78 is 16.6. The van der Waals surface area contributed by atoms with Crippen molar-refractivity contribution >= 4 is 11.9 Å². The molecular formula is C25H30N2O5. The van der Waals surface area contributed by atoms with E-state index in [4.69, 9.17) is 19.5 Å². The van der Waals surface area contributed by atoms with Crippen molar-refractivity contribution in [3.05, 3.63) is 53.6 Å². The summed E-state index contributed by atoms with van der Waals surface area (Å²) in [5, 5.41) is 11.8. The first-order valence-corrected chi connectivity index (χ1v) is 10.4. The molecule has 0 aliphatic carbocycles. The predicted octanol–water partition coefficient (Wildman–Crippen LogP) is 5.16. The smallest absolute Gasteiger partial charge is 0.408 e. The minimum absolute atomic E-state index is 0.147. The lowest BCUT2D eigenvalue weighted by Gasteiger charge is -2.27. The van der Waals surface area contributed by atoms with Crippen LogP contribution in [-0.2, 0) is 16.0 Å². The molecule has 2 rings (SSSR count). The van der Waals surface area contributed by atoms with E-state index in [1.54, 1.807) is 77.1 Å². The van der Waals surface area contributed by atoms with Crippen LogP contribution in [0.5, 0.6) is 17.2 Å². The van der Waals surface area contributed by atoms with Crippen molar-refractivity contribution in [2.45, 2.75) is 59.1 Å². The number of ether oxygens (including phenoxy) is 3. The largest absolute Gasteiger partial charge is 0.492 e. The van der Waals surface area contributed by atoms with Gasteiger partial charge >= 0.3 is 6.09 Å². The molecule has 0 saturated carbocycles. The predicted molar refractivity (Wildman–Crippen MR) is 121 cm³/mol. The number of carbonyl (C=O) groups is 2. The van der Waals surface area contributed by atoms with Crippen molar-refractivity contribution in [3.63, 3.8) is 0 Å². The zero-order valence-corrected chi connectivity index (χ0v) is 19.4. The van der Waals surface area contributed by atoms with Crippen molar-refractivity contribution in [2.24, 2.45) is 0 Å².